The highest BCUT2D eigenvalue weighted by molar-refractivity contribution is 7.98. The Bertz CT molecular complexity index is 660. The largest absolute Gasteiger partial charge is 0.255 e. The first kappa shape index (κ1) is 15.4. The summed E-state index contributed by atoms with van der Waals surface area (Å²) in [6, 6.07) is 16.4. The van der Waals surface area contributed by atoms with Gasteiger partial charge in [-0.1, -0.05) is 43.0 Å². The van der Waals surface area contributed by atoms with E-state index in [1.807, 2.05) is 30.5 Å². The van der Waals surface area contributed by atoms with Gasteiger partial charge in [0.1, 0.15) is 0 Å². The van der Waals surface area contributed by atoms with Crippen molar-refractivity contribution in [2.45, 2.75) is 24.7 Å². The number of thioether (sulfide) groups is 1. The van der Waals surface area contributed by atoms with Crippen molar-refractivity contribution in [3.05, 3.63) is 59.7 Å². The van der Waals surface area contributed by atoms with Crippen LogP contribution < -0.4 is 0 Å². The van der Waals surface area contributed by atoms with E-state index in [1.165, 1.54) is 4.90 Å². The van der Waals surface area contributed by atoms with Gasteiger partial charge in [0.15, 0.2) is 0 Å². The van der Waals surface area contributed by atoms with Gasteiger partial charge in [0.05, 0.1) is 11.3 Å². The predicted molar refractivity (Wildman–Crippen MR) is 93.7 cm³/mol. The maximum Gasteiger partial charge on any atom is 0.0786 e. The van der Waals surface area contributed by atoms with Crippen LogP contribution in [0.25, 0.3) is 0 Å². The summed E-state index contributed by atoms with van der Waals surface area (Å²) in [6.45, 7) is 2.14. The molecule has 0 heterocycles. The van der Waals surface area contributed by atoms with Crippen molar-refractivity contribution in [3.8, 4) is 11.8 Å². The molecule has 0 aliphatic rings. The van der Waals surface area contributed by atoms with Crippen LogP contribution in [-0.4, -0.2) is 12.5 Å². The quantitative estimate of drug-likeness (QED) is 0.423. The SMILES string of the molecule is CCCC#Cc1ccccc1N=Cc1ccc(SC)cc1. The average molecular weight is 293 g/mol. The van der Waals surface area contributed by atoms with E-state index < -0.39 is 0 Å². The van der Waals surface area contributed by atoms with Gasteiger partial charge in [0, 0.05) is 17.5 Å². The summed E-state index contributed by atoms with van der Waals surface area (Å²) < 4.78 is 0. The van der Waals surface area contributed by atoms with Crippen molar-refractivity contribution in [1.82, 2.24) is 0 Å². The third-order valence-corrected chi connectivity index (χ3v) is 3.71. The van der Waals surface area contributed by atoms with Crippen molar-refractivity contribution in [2.24, 2.45) is 4.99 Å². The van der Waals surface area contributed by atoms with Crippen LogP contribution in [0, 0.1) is 11.8 Å². The molecule has 2 rings (SSSR count). The van der Waals surface area contributed by atoms with E-state index in [-0.39, 0.29) is 0 Å². The highest BCUT2D eigenvalue weighted by Gasteiger charge is 1.96. The highest BCUT2D eigenvalue weighted by Crippen LogP contribution is 2.18. The molecule has 1 nitrogen and oxygen atoms in total. The van der Waals surface area contributed by atoms with Gasteiger partial charge in [-0.25, -0.2) is 0 Å². The van der Waals surface area contributed by atoms with Crippen LogP contribution in [0.4, 0.5) is 5.69 Å². The van der Waals surface area contributed by atoms with Crippen LogP contribution in [0.2, 0.25) is 0 Å². The fourth-order valence-electron chi connectivity index (χ4n) is 1.81. The van der Waals surface area contributed by atoms with Gasteiger partial charge < -0.3 is 0 Å². The summed E-state index contributed by atoms with van der Waals surface area (Å²) in [4.78, 5) is 5.84. The molecule has 0 spiro atoms. The highest BCUT2D eigenvalue weighted by atomic mass is 32.2. The van der Waals surface area contributed by atoms with Gasteiger partial charge in [-0.3, -0.25) is 4.99 Å². The van der Waals surface area contributed by atoms with Gasteiger partial charge in [0.2, 0.25) is 0 Å². The van der Waals surface area contributed by atoms with E-state index >= 15 is 0 Å². The molecule has 0 unspecified atom stereocenters. The van der Waals surface area contributed by atoms with Crippen LogP contribution in [-0.2, 0) is 0 Å². The summed E-state index contributed by atoms with van der Waals surface area (Å²) in [7, 11) is 0. The van der Waals surface area contributed by atoms with E-state index in [0.29, 0.717) is 0 Å². The Balaban J connectivity index is 2.18. The van der Waals surface area contributed by atoms with Crippen LogP contribution in [0.15, 0.2) is 58.4 Å². The van der Waals surface area contributed by atoms with Gasteiger partial charge in [-0.2, -0.15) is 0 Å². The Kier molecular flexibility index (Phi) is 6.12. The summed E-state index contributed by atoms with van der Waals surface area (Å²) in [6.07, 6.45) is 5.98. The zero-order chi connectivity index (χ0) is 14.9. The van der Waals surface area contributed by atoms with E-state index in [0.717, 1.165) is 29.7 Å². The van der Waals surface area contributed by atoms with Crippen LogP contribution >= 0.6 is 11.8 Å². The third kappa shape index (κ3) is 4.81. The molecule has 0 aromatic heterocycles. The fraction of sp³-hybridized carbons (Fsp3) is 0.211. The van der Waals surface area contributed by atoms with Crippen molar-refractivity contribution in [2.75, 3.05) is 6.26 Å². The molecule has 2 aromatic rings. The lowest BCUT2D eigenvalue weighted by molar-refractivity contribution is 0.983. The maximum atomic E-state index is 4.58. The molecule has 2 aromatic carbocycles. The second-order valence-corrected chi connectivity index (χ2v) is 5.48. The lowest BCUT2D eigenvalue weighted by Crippen LogP contribution is -1.82. The summed E-state index contributed by atoms with van der Waals surface area (Å²) in [5.41, 5.74) is 3.02. The molecule has 0 fully saturated rings. The monoisotopic (exact) mass is 293 g/mol. The van der Waals surface area contributed by atoms with E-state index in [4.69, 9.17) is 0 Å². The molecular weight excluding hydrogens is 274 g/mol. The molecule has 0 saturated carbocycles. The zero-order valence-corrected chi connectivity index (χ0v) is 13.3. The van der Waals surface area contributed by atoms with Crippen molar-refractivity contribution in [1.29, 1.82) is 0 Å². The topological polar surface area (TPSA) is 12.4 Å². The molecule has 0 radical (unpaired) electrons. The molecule has 0 saturated heterocycles. The molecule has 0 amide bonds. The fourth-order valence-corrected chi connectivity index (χ4v) is 2.22. The first-order chi connectivity index (χ1) is 10.3. The Labute approximate surface area is 131 Å². The smallest absolute Gasteiger partial charge is 0.0786 e. The Morgan fingerprint density at radius 2 is 1.86 bits per heavy atom. The number of benzene rings is 2. The van der Waals surface area contributed by atoms with Gasteiger partial charge in [0.25, 0.3) is 0 Å². The number of hydrogen-bond donors (Lipinski definition) is 0. The summed E-state index contributed by atoms with van der Waals surface area (Å²) in [5.74, 6) is 6.38. The van der Waals surface area contributed by atoms with E-state index in [1.54, 1.807) is 11.8 Å². The summed E-state index contributed by atoms with van der Waals surface area (Å²) in [5, 5.41) is 0. The van der Waals surface area contributed by atoms with Crippen LogP contribution in [0.1, 0.15) is 30.9 Å². The minimum absolute atomic E-state index is 0.925. The molecule has 0 bridgehead atoms. The first-order valence-corrected chi connectivity index (χ1v) is 8.32. The number of rotatable bonds is 4. The second kappa shape index (κ2) is 8.34. The average Bonchev–Trinajstić information content (AvgIpc) is 2.54. The standard InChI is InChI=1S/C19H19NS/c1-3-4-5-8-17-9-6-7-10-19(17)20-15-16-11-13-18(21-2)14-12-16/h6-7,9-15H,3-4H2,1-2H3. The lowest BCUT2D eigenvalue weighted by atomic mass is 10.1. The van der Waals surface area contributed by atoms with Crippen LogP contribution in [0.5, 0.6) is 0 Å². The normalized spacial score (nSPS) is 10.4. The number of nitrogens with zero attached hydrogens (tertiary/aromatic N) is 1. The van der Waals surface area contributed by atoms with Gasteiger partial charge in [-0.15, -0.1) is 11.8 Å². The Hall–Kier alpha value is -1.98. The number of unbranched alkanes of at least 4 members (excludes halogenated alkanes) is 1. The van der Waals surface area contributed by atoms with Crippen molar-refractivity contribution in [3.63, 3.8) is 0 Å². The minimum Gasteiger partial charge on any atom is -0.255 e. The Morgan fingerprint density at radius 3 is 2.57 bits per heavy atom. The first-order valence-electron chi connectivity index (χ1n) is 7.09. The number of hydrogen-bond acceptors (Lipinski definition) is 2. The molecule has 0 aliphatic carbocycles. The zero-order valence-electron chi connectivity index (χ0n) is 12.5. The van der Waals surface area contributed by atoms with E-state index in [2.05, 4.69) is 54.3 Å². The molecule has 106 valence electrons. The molecule has 0 atom stereocenters. The van der Waals surface area contributed by atoms with Crippen molar-refractivity contribution < 1.29 is 0 Å². The molecule has 21 heavy (non-hydrogen) atoms. The molecule has 0 aliphatic heterocycles. The Morgan fingerprint density at radius 1 is 1.10 bits per heavy atom. The molecular formula is C19H19NS. The second-order valence-electron chi connectivity index (χ2n) is 4.60. The van der Waals surface area contributed by atoms with E-state index in [9.17, 15) is 0 Å². The molecule has 0 N–H and O–H groups in total. The number of para-hydroxylation sites is 1. The van der Waals surface area contributed by atoms with Gasteiger partial charge in [-0.05, 0) is 42.5 Å². The predicted octanol–water partition coefficient (Wildman–Crippen LogP) is 5.31. The van der Waals surface area contributed by atoms with Crippen molar-refractivity contribution >= 4 is 23.7 Å². The third-order valence-electron chi connectivity index (χ3n) is 2.97. The lowest BCUT2D eigenvalue weighted by Gasteiger charge is -1.99. The maximum absolute atomic E-state index is 4.58. The summed E-state index contributed by atoms with van der Waals surface area (Å²) >= 11 is 1.74. The minimum atomic E-state index is 0.925. The molecule has 2 heteroatoms. The van der Waals surface area contributed by atoms with Crippen LogP contribution in [0.3, 0.4) is 0 Å². The van der Waals surface area contributed by atoms with Gasteiger partial charge >= 0.3 is 0 Å². The number of aliphatic imine (C=N–C) groups is 1.